The van der Waals surface area contributed by atoms with Crippen LogP contribution in [0.4, 0.5) is 16.2 Å². The van der Waals surface area contributed by atoms with Crippen LogP contribution in [0.15, 0.2) is 54.2 Å². The van der Waals surface area contributed by atoms with Gasteiger partial charge in [-0.15, -0.1) is 0 Å². The third-order valence-electron chi connectivity index (χ3n) is 6.31. The lowest BCUT2D eigenvalue weighted by atomic mass is 9.99. The molecule has 0 aliphatic carbocycles. The predicted octanol–water partition coefficient (Wildman–Crippen LogP) is 3.06. The lowest BCUT2D eigenvalue weighted by Gasteiger charge is -2.35. The summed E-state index contributed by atoms with van der Waals surface area (Å²) in [5, 5.41) is 6.35. The number of thioether (sulfide) groups is 1. The van der Waals surface area contributed by atoms with E-state index in [1.54, 1.807) is 16.0 Å². The summed E-state index contributed by atoms with van der Waals surface area (Å²) >= 11 is 1.37. The van der Waals surface area contributed by atoms with Crippen molar-refractivity contribution in [3.63, 3.8) is 0 Å². The van der Waals surface area contributed by atoms with E-state index in [1.807, 2.05) is 37.3 Å². The van der Waals surface area contributed by atoms with Gasteiger partial charge in [0.2, 0.25) is 11.8 Å². The van der Waals surface area contributed by atoms with Crippen LogP contribution in [0.3, 0.4) is 0 Å². The average molecular weight is 464 g/mol. The number of hydrogen-bond donors (Lipinski definition) is 2. The second kappa shape index (κ2) is 8.55. The van der Waals surface area contributed by atoms with E-state index < -0.39 is 11.3 Å². The Kier molecular flexibility index (Phi) is 5.57. The zero-order valence-electron chi connectivity index (χ0n) is 18.3. The summed E-state index contributed by atoms with van der Waals surface area (Å²) in [5.74, 6) is -0.280. The molecule has 1 fully saturated rings. The van der Waals surface area contributed by atoms with Gasteiger partial charge in [0.15, 0.2) is 0 Å². The number of rotatable bonds is 4. The summed E-state index contributed by atoms with van der Waals surface area (Å²) in [4.78, 5) is 46.2. The molecule has 0 saturated carbocycles. The number of piperidine rings is 1. The number of aromatic nitrogens is 1. The highest BCUT2D eigenvalue weighted by Crippen LogP contribution is 2.50. The Morgan fingerprint density at radius 2 is 2.06 bits per heavy atom. The van der Waals surface area contributed by atoms with Crippen LogP contribution in [0.25, 0.3) is 0 Å². The molecule has 33 heavy (non-hydrogen) atoms. The molecule has 170 valence electrons. The molecule has 0 radical (unpaired) electrons. The quantitative estimate of drug-likeness (QED) is 0.680. The van der Waals surface area contributed by atoms with Crippen LogP contribution in [0, 0.1) is 6.92 Å². The Hall–Kier alpha value is -3.33. The third kappa shape index (κ3) is 3.86. The minimum Gasteiger partial charge on any atom is -0.351 e. The van der Waals surface area contributed by atoms with E-state index in [9.17, 15) is 14.4 Å². The van der Waals surface area contributed by atoms with E-state index in [2.05, 4.69) is 22.2 Å². The number of nitrogens with zero attached hydrogens (tertiary/aromatic N) is 3. The second-order valence-corrected chi connectivity index (χ2v) is 9.65. The predicted molar refractivity (Wildman–Crippen MR) is 126 cm³/mol. The van der Waals surface area contributed by atoms with Crippen LogP contribution < -0.4 is 15.5 Å². The van der Waals surface area contributed by atoms with Gasteiger partial charge in [0.25, 0.3) is 0 Å². The Balaban J connectivity index is 1.38. The first-order chi connectivity index (χ1) is 16.0. The number of carbonyl (C=O) groups is 3. The van der Waals surface area contributed by atoms with Gasteiger partial charge in [-0.1, -0.05) is 36.0 Å². The highest BCUT2D eigenvalue weighted by atomic mass is 32.2. The summed E-state index contributed by atoms with van der Waals surface area (Å²) in [5.41, 5.74) is 3.49. The maximum Gasteiger partial charge on any atom is 0.327 e. The van der Waals surface area contributed by atoms with Crippen molar-refractivity contribution in [2.75, 3.05) is 18.0 Å². The normalized spacial score (nSPS) is 23.5. The van der Waals surface area contributed by atoms with E-state index in [1.165, 1.54) is 17.8 Å². The Morgan fingerprint density at radius 1 is 1.27 bits per heavy atom. The molecule has 1 aromatic carbocycles. The molecule has 9 heteroatoms. The zero-order chi connectivity index (χ0) is 23.1. The van der Waals surface area contributed by atoms with E-state index in [0.29, 0.717) is 13.1 Å². The van der Waals surface area contributed by atoms with Crippen molar-refractivity contribution < 1.29 is 14.4 Å². The number of nitrogens with one attached hydrogen (secondary N) is 2. The molecule has 2 aromatic rings. The van der Waals surface area contributed by atoms with Gasteiger partial charge in [0, 0.05) is 30.9 Å². The number of carbonyl (C=O) groups excluding carboxylic acids is 3. The molecular formula is C24H25N5O3S. The van der Waals surface area contributed by atoms with Gasteiger partial charge >= 0.3 is 6.03 Å². The molecule has 1 aromatic heterocycles. The minimum atomic E-state index is -0.525. The van der Waals surface area contributed by atoms with Crippen molar-refractivity contribution in [1.29, 1.82) is 0 Å². The molecule has 3 atom stereocenters. The molecule has 4 heterocycles. The molecule has 3 aliphatic rings. The number of urea groups is 1. The van der Waals surface area contributed by atoms with Crippen molar-refractivity contribution in [1.82, 2.24) is 20.5 Å². The molecule has 2 unspecified atom stereocenters. The van der Waals surface area contributed by atoms with Crippen LogP contribution in [-0.4, -0.2) is 52.1 Å². The van der Waals surface area contributed by atoms with Crippen molar-refractivity contribution >= 4 is 41.0 Å². The lowest BCUT2D eigenvalue weighted by molar-refractivity contribution is -0.129. The Bertz CT molecular complexity index is 1140. The van der Waals surface area contributed by atoms with Crippen LogP contribution in [0.2, 0.25) is 0 Å². The SMILES string of the molecule is C=CC(=O)N1CCCC(NC(=O)[C@@H]2Sc3nccc4c3C2NC(=O)N4c2ccc(C)cc2)C1. The number of benzene rings is 1. The maximum absolute atomic E-state index is 13.3. The van der Waals surface area contributed by atoms with Crippen LogP contribution >= 0.6 is 11.8 Å². The standard InChI is InChI=1S/C24H25N5O3S/c1-3-18(30)28-12-4-5-15(13-28)26-22(31)21-20-19-17(10-11-25-23(19)33-21)29(24(32)27-20)16-8-6-14(2)7-9-16/h3,6-11,15,20-21H,1,4-5,12-13H2,2H3,(H,26,31)(H,27,32)/t15?,20?,21-/m1/s1. The van der Waals surface area contributed by atoms with Crippen molar-refractivity contribution in [3.05, 3.63) is 60.3 Å². The summed E-state index contributed by atoms with van der Waals surface area (Å²) < 4.78 is 0. The first-order valence-electron chi connectivity index (χ1n) is 11.0. The number of aryl methyl sites for hydroxylation is 1. The molecule has 3 aliphatic heterocycles. The van der Waals surface area contributed by atoms with E-state index in [0.717, 1.165) is 40.4 Å². The van der Waals surface area contributed by atoms with E-state index in [-0.39, 0.29) is 23.9 Å². The van der Waals surface area contributed by atoms with Crippen LogP contribution in [0.5, 0.6) is 0 Å². The number of amides is 4. The van der Waals surface area contributed by atoms with Gasteiger partial charge in [0.05, 0.1) is 17.4 Å². The second-order valence-electron chi connectivity index (χ2n) is 8.52. The van der Waals surface area contributed by atoms with Gasteiger partial charge in [-0.2, -0.15) is 0 Å². The summed E-state index contributed by atoms with van der Waals surface area (Å²) in [6.45, 7) is 6.68. The Morgan fingerprint density at radius 3 is 2.82 bits per heavy atom. The fourth-order valence-corrected chi connectivity index (χ4v) is 5.92. The molecule has 1 saturated heterocycles. The summed E-state index contributed by atoms with van der Waals surface area (Å²) in [6, 6.07) is 8.71. The van der Waals surface area contributed by atoms with E-state index in [4.69, 9.17) is 0 Å². The molecule has 0 spiro atoms. The van der Waals surface area contributed by atoms with Crippen molar-refractivity contribution in [2.45, 2.75) is 42.1 Å². The van der Waals surface area contributed by atoms with Crippen LogP contribution in [0.1, 0.15) is 30.0 Å². The fourth-order valence-electron chi connectivity index (χ4n) is 4.68. The Labute approximate surface area is 196 Å². The largest absolute Gasteiger partial charge is 0.351 e. The molecule has 8 nitrogen and oxygen atoms in total. The molecule has 0 bridgehead atoms. The number of likely N-dealkylation sites (tertiary alicyclic amines) is 1. The van der Waals surface area contributed by atoms with Gasteiger partial charge in [0.1, 0.15) is 10.3 Å². The summed E-state index contributed by atoms with van der Waals surface area (Å²) in [7, 11) is 0. The average Bonchev–Trinajstić information content (AvgIpc) is 3.19. The van der Waals surface area contributed by atoms with Gasteiger partial charge in [-0.25, -0.2) is 9.78 Å². The van der Waals surface area contributed by atoms with Gasteiger partial charge < -0.3 is 15.5 Å². The number of hydrogen-bond acceptors (Lipinski definition) is 5. The van der Waals surface area contributed by atoms with Crippen molar-refractivity contribution in [2.24, 2.45) is 0 Å². The number of anilines is 2. The number of pyridine rings is 1. The van der Waals surface area contributed by atoms with Crippen molar-refractivity contribution in [3.8, 4) is 0 Å². The zero-order valence-corrected chi connectivity index (χ0v) is 19.1. The lowest BCUT2D eigenvalue weighted by Crippen LogP contribution is -2.53. The van der Waals surface area contributed by atoms with E-state index >= 15 is 0 Å². The highest BCUT2D eigenvalue weighted by molar-refractivity contribution is 8.01. The monoisotopic (exact) mass is 463 g/mol. The molecule has 2 N–H and O–H groups in total. The first-order valence-corrected chi connectivity index (χ1v) is 11.9. The van der Waals surface area contributed by atoms with Crippen LogP contribution in [-0.2, 0) is 9.59 Å². The first kappa shape index (κ1) is 21.5. The minimum absolute atomic E-state index is 0.124. The smallest absolute Gasteiger partial charge is 0.327 e. The topological polar surface area (TPSA) is 94.6 Å². The fraction of sp³-hybridized carbons (Fsp3) is 0.333. The maximum atomic E-state index is 13.3. The van der Waals surface area contributed by atoms with Gasteiger partial charge in [-0.3, -0.25) is 14.5 Å². The van der Waals surface area contributed by atoms with Gasteiger partial charge in [-0.05, 0) is 44.0 Å². The molecular weight excluding hydrogens is 438 g/mol. The highest BCUT2D eigenvalue weighted by Gasteiger charge is 2.47. The molecule has 5 rings (SSSR count). The summed E-state index contributed by atoms with van der Waals surface area (Å²) in [6.07, 6.45) is 4.61. The molecule has 4 amide bonds. The third-order valence-corrected chi connectivity index (χ3v) is 7.60.